The van der Waals surface area contributed by atoms with Crippen LogP contribution in [0.25, 0.3) is 0 Å². The summed E-state index contributed by atoms with van der Waals surface area (Å²) in [6.07, 6.45) is 1.34. The molecule has 2 aliphatic rings. The van der Waals surface area contributed by atoms with E-state index in [-0.39, 0.29) is 11.8 Å². The summed E-state index contributed by atoms with van der Waals surface area (Å²) >= 11 is 0. The summed E-state index contributed by atoms with van der Waals surface area (Å²) in [7, 11) is 1.45. The van der Waals surface area contributed by atoms with Gasteiger partial charge in [-0.05, 0) is 0 Å². The molecule has 1 saturated heterocycles. The zero-order chi connectivity index (χ0) is 12.6. The smallest absolute Gasteiger partial charge is 0.314 e. The van der Waals surface area contributed by atoms with Crippen LogP contribution in [0, 0.1) is 0 Å². The highest BCUT2D eigenvalue weighted by Crippen LogP contribution is 2.17. The van der Waals surface area contributed by atoms with E-state index in [1.54, 1.807) is 0 Å². The molecule has 0 bridgehead atoms. The Morgan fingerprint density at radius 2 is 1.82 bits per heavy atom. The highest BCUT2D eigenvalue weighted by Gasteiger charge is 2.33. The minimum atomic E-state index is -0.454. The molecule has 2 aliphatic heterocycles. The molecule has 0 aliphatic carbocycles. The normalized spacial score (nSPS) is 21.0. The van der Waals surface area contributed by atoms with Crippen molar-refractivity contribution < 1.29 is 14.4 Å². The van der Waals surface area contributed by atoms with Crippen LogP contribution in [0.15, 0.2) is 11.8 Å². The molecular formula is C10H14N4O3. The van der Waals surface area contributed by atoms with E-state index < -0.39 is 6.03 Å². The number of nitrogens with zero attached hydrogens (tertiary/aromatic N) is 3. The molecule has 0 spiro atoms. The number of piperazine rings is 1. The van der Waals surface area contributed by atoms with Crippen molar-refractivity contribution in [3.05, 3.63) is 11.8 Å². The first-order chi connectivity index (χ1) is 8.00. The van der Waals surface area contributed by atoms with Crippen molar-refractivity contribution in [2.75, 3.05) is 33.2 Å². The summed E-state index contributed by atoms with van der Waals surface area (Å²) in [5, 5.41) is 0. The van der Waals surface area contributed by atoms with Crippen LogP contribution in [0.5, 0.6) is 0 Å². The van der Waals surface area contributed by atoms with E-state index >= 15 is 0 Å². The molecule has 7 heteroatoms. The van der Waals surface area contributed by atoms with E-state index in [9.17, 15) is 14.4 Å². The molecule has 0 saturated carbocycles. The number of rotatable bonds is 1. The number of likely N-dealkylation sites (N-methyl/N-ethyl adjacent to an activating group) is 1. The van der Waals surface area contributed by atoms with Gasteiger partial charge >= 0.3 is 6.03 Å². The van der Waals surface area contributed by atoms with Gasteiger partial charge in [-0.25, -0.2) is 4.79 Å². The highest BCUT2D eigenvalue weighted by atomic mass is 16.2. The van der Waals surface area contributed by atoms with Crippen LogP contribution in [0.2, 0.25) is 0 Å². The lowest BCUT2D eigenvalue weighted by molar-refractivity contribution is -0.136. The second-order valence-corrected chi connectivity index (χ2v) is 4.04. The van der Waals surface area contributed by atoms with E-state index in [0.717, 1.165) is 4.90 Å². The maximum absolute atomic E-state index is 11.7. The zero-order valence-corrected chi connectivity index (χ0v) is 9.55. The van der Waals surface area contributed by atoms with Crippen molar-refractivity contribution in [3.63, 3.8) is 0 Å². The first-order valence-corrected chi connectivity index (χ1v) is 5.33. The van der Waals surface area contributed by atoms with Gasteiger partial charge in [-0.3, -0.25) is 14.5 Å². The minimum Gasteiger partial charge on any atom is -0.363 e. The van der Waals surface area contributed by atoms with Gasteiger partial charge in [0.1, 0.15) is 5.70 Å². The van der Waals surface area contributed by atoms with Gasteiger partial charge in [0.15, 0.2) is 0 Å². The molecular weight excluding hydrogens is 224 g/mol. The number of imide groups is 1. The summed E-state index contributed by atoms with van der Waals surface area (Å²) in [6, 6.07) is -0.454. The van der Waals surface area contributed by atoms with Crippen LogP contribution in [0.1, 0.15) is 0 Å². The molecule has 92 valence electrons. The summed E-state index contributed by atoms with van der Waals surface area (Å²) in [5.41, 5.74) is 5.57. The number of primary amides is 1. The number of urea groups is 1. The molecule has 0 unspecified atom stereocenters. The first-order valence-electron chi connectivity index (χ1n) is 5.33. The zero-order valence-electron chi connectivity index (χ0n) is 9.55. The van der Waals surface area contributed by atoms with Gasteiger partial charge in [0.2, 0.25) is 0 Å². The largest absolute Gasteiger partial charge is 0.363 e. The van der Waals surface area contributed by atoms with E-state index in [0.29, 0.717) is 31.9 Å². The van der Waals surface area contributed by atoms with Crippen molar-refractivity contribution in [1.82, 2.24) is 14.7 Å². The van der Waals surface area contributed by atoms with Gasteiger partial charge in [0.05, 0.1) is 0 Å². The third-order valence-electron chi connectivity index (χ3n) is 3.05. The van der Waals surface area contributed by atoms with Crippen molar-refractivity contribution in [3.8, 4) is 0 Å². The van der Waals surface area contributed by atoms with Crippen LogP contribution >= 0.6 is 0 Å². The Balaban J connectivity index is 2.03. The molecule has 0 aromatic rings. The maximum Gasteiger partial charge on any atom is 0.314 e. The van der Waals surface area contributed by atoms with Crippen molar-refractivity contribution in [2.45, 2.75) is 0 Å². The Kier molecular flexibility index (Phi) is 2.74. The van der Waals surface area contributed by atoms with Crippen LogP contribution < -0.4 is 5.73 Å². The Morgan fingerprint density at radius 3 is 2.24 bits per heavy atom. The van der Waals surface area contributed by atoms with Gasteiger partial charge < -0.3 is 15.5 Å². The summed E-state index contributed by atoms with van der Waals surface area (Å²) in [6.45, 7) is 1.97. The van der Waals surface area contributed by atoms with Gasteiger partial charge in [0, 0.05) is 39.3 Å². The fraction of sp³-hybridized carbons (Fsp3) is 0.500. The van der Waals surface area contributed by atoms with Crippen LogP contribution in [-0.4, -0.2) is 65.8 Å². The average Bonchev–Trinajstić information content (AvgIpc) is 2.57. The SMILES string of the molecule is CN1C(=O)C=C(N2CCN(C(N)=O)CC2)C1=O. The predicted molar refractivity (Wildman–Crippen MR) is 58.6 cm³/mol. The Labute approximate surface area is 98.4 Å². The lowest BCUT2D eigenvalue weighted by atomic mass is 10.3. The van der Waals surface area contributed by atoms with Crippen LogP contribution in [0.4, 0.5) is 4.79 Å². The number of carbonyl (C=O) groups is 3. The van der Waals surface area contributed by atoms with E-state index in [2.05, 4.69) is 0 Å². The van der Waals surface area contributed by atoms with Gasteiger partial charge in [0.25, 0.3) is 11.8 Å². The number of amides is 4. The second-order valence-electron chi connectivity index (χ2n) is 4.04. The second kappa shape index (κ2) is 4.08. The third kappa shape index (κ3) is 1.95. The Hall–Kier alpha value is -2.05. The van der Waals surface area contributed by atoms with Crippen LogP contribution in [-0.2, 0) is 9.59 Å². The molecule has 0 aromatic carbocycles. The molecule has 17 heavy (non-hydrogen) atoms. The number of nitrogens with two attached hydrogens (primary N) is 1. The lowest BCUT2D eigenvalue weighted by Crippen LogP contribution is -2.50. The summed E-state index contributed by atoms with van der Waals surface area (Å²) in [5.74, 6) is -0.593. The van der Waals surface area contributed by atoms with Crippen molar-refractivity contribution >= 4 is 17.8 Å². The van der Waals surface area contributed by atoms with E-state index in [1.165, 1.54) is 18.0 Å². The highest BCUT2D eigenvalue weighted by molar-refractivity contribution is 6.15. The lowest BCUT2D eigenvalue weighted by Gasteiger charge is -2.35. The monoisotopic (exact) mass is 238 g/mol. The van der Waals surface area contributed by atoms with Crippen LogP contribution in [0.3, 0.4) is 0 Å². The van der Waals surface area contributed by atoms with E-state index in [4.69, 9.17) is 5.73 Å². The molecule has 1 fully saturated rings. The molecule has 0 radical (unpaired) electrons. The van der Waals surface area contributed by atoms with E-state index in [1.807, 2.05) is 4.90 Å². The molecule has 2 rings (SSSR count). The van der Waals surface area contributed by atoms with Crippen molar-refractivity contribution in [2.24, 2.45) is 5.73 Å². The third-order valence-corrected chi connectivity index (χ3v) is 3.05. The summed E-state index contributed by atoms with van der Waals surface area (Å²) in [4.78, 5) is 38.4. The van der Waals surface area contributed by atoms with Gasteiger partial charge in [-0.15, -0.1) is 0 Å². The molecule has 2 heterocycles. The Bertz CT molecular complexity index is 410. The molecule has 4 amide bonds. The number of hydrogen-bond donors (Lipinski definition) is 1. The number of hydrogen-bond acceptors (Lipinski definition) is 4. The minimum absolute atomic E-state index is 0.289. The average molecular weight is 238 g/mol. The molecule has 2 N–H and O–H groups in total. The Morgan fingerprint density at radius 1 is 1.24 bits per heavy atom. The molecule has 7 nitrogen and oxygen atoms in total. The quantitative estimate of drug-likeness (QED) is 0.567. The fourth-order valence-electron chi connectivity index (χ4n) is 1.94. The maximum atomic E-state index is 11.7. The van der Waals surface area contributed by atoms with Gasteiger partial charge in [-0.1, -0.05) is 0 Å². The van der Waals surface area contributed by atoms with Gasteiger partial charge in [-0.2, -0.15) is 0 Å². The summed E-state index contributed by atoms with van der Waals surface area (Å²) < 4.78 is 0. The first kappa shape index (κ1) is 11.4. The fourth-order valence-corrected chi connectivity index (χ4v) is 1.94. The topological polar surface area (TPSA) is 86.9 Å². The number of carbonyl (C=O) groups excluding carboxylic acids is 3. The standard InChI is InChI=1S/C10H14N4O3/c1-12-8(15)6-7(9(12)16)13-2-4-14(5-3-13)10(11)17/h6H,2-5H2,1H3,(H2,11,17). The molecule has 0 atom stereocenters. The predicted octanol–water partition coefficient (Wildman–Crippen LogP) is -1.43. The molecule has 0 aromatic heterocycles. The van der Waals surface area contributed by atoms with Crippen molar-refractivity contribution in [1.29, 1.82) is 0 Å².